The van der Waals surface area contributed by atoms with Gasteiger partial charge in [0.1, 0.15) is 0 Å². The molecule has 0 spiro atoms. The van der Waals surface area contributed by atoms with Gasteiger partial charge in [0.2, 0.25) is 10.0 Å². The maximum atomic E-state index is 13.2. The fraction of sp³-hybridized carbons (Fsp3) is 0.400. The molecular weight excluding hydrogens is 400 g/mol. The highest BCUT2D eigenvalue weighted by molar-refractivity contribution is 7.89. The molecule has 0 saturated heterocycles. The van der Waals surface area contributed by atoms with Crippen molar-refractivity contribution in [3.05, 3.63) is 46.8 Å². The molecular formula is C15H13F6N3O2S. The van der Waals surface area contributed by atoms with Crippen LogP contribution in [0.2, 0.25) is 0 Å². The summed E-state index contributed by atoms with van der Waals surface area (Å²) in [6.07, 6.45) is -7.37. The molecule has 0 fully saturated rings. The van der Waals surface area contributed by atoms with Crippen LogP contribution in [-0.4, -0.2) is 18.6 Å². The maximum absolute atomic E-state index is 13.2. The number of rotatable bonds is 3. The first-order chi connectivity index (χ1) is 12.4. The zero-order valence-electron chi connectivity index (χ0n) is 13.4. The summed E-state index contributed by atoms with van der Waals surface area (Å²) in [5.74, 6) is 0. The first-order valence-corrected chi connectivity index (χ1v) is 9.21. The number of sulfonamides is 1. The summed E-state index contributed by atoms with van der Waals surface area (Å²) in [6, 6.07) is -0.546. The zero-order chi connectivity index (χ0) is 20.0. The molecule has 1 atom stereocenters. The zero-order valence-corrected chi connectivity index (χ0v) is 14.3. The van der Waals surface area contributed by atoms with Gasteiger partial charge >= 0.3 is 12.4 Å². The van der Waals surface area contributed by atoms with Crippen molar-refractivity contribution in [1.82, 2.24) is 14.9 Å². The fourth-order valence-electron chi connectivity index (χ4n) is 2.99. The summed E-state index contributed by atoms with van der Waals surface area (Å²) in [5.41, 5.74) is -2.05. The highest BCUT2D eigenvalue weighted by Crippen LogP contribution is 2.39. The van der Waals surface area contributed by atoms with Crippen LogP contribution in [0.15, 0.2) is 29.3 Å². The Labute approximate surface area is 149 Å². The van der Waals surface area contributed by atoms with Gasteiger partial charge in [0.25, 0.3) is 0 Å². The molecule has 27 heavy (non-hydrogen) atoms. The highest BCUT2D eigenvalue weighted by atomic mass is 32.2. The number of hydrogen-bond acceptors (Lipinski definition) is 3. The summed E-state index contributed by atoms with van der Waals surface area (Å²) in [4.78, 5) is -1.46. The predicted molar refractivity (Wildman–Crippen MR) is 81.0 cm³/mol. The number of fused-ring (bicyclic) bond motifs is 1. The minimum absolute atomic E-state index is 0.00423. The van der Waals surface area contributed by atoms with E-state index in [1.165, 1.54) is 6.20 Å². The lowest BCUT2D eigenvalue weighted by atomic mass is 9.94. The maximum Gasteiger partial charge on any atom is 0.417 e. The van der Waals surface area contributed by atoms with Crippen LogP contribution >= 0.6 is 0 Å². The molecule has 1 aromatic heterocycles. The molecule has 0 saturated carbocycles. The molecule has 3 rings (SSSR count). The van der Waals surface area contributed by atoms with E-state index in [4.69, 9.17) is 0 Å². The van der Waals surface area contributed by atoms with Gasteiger partial charge in [-0.05, 0) is 37.5 Å². The summed E-state index contributed by atoms with van der Waals surface area (Å²) in [6.45, 7) is 0. The molecule has 2 aromatic rings. The number of halogens is 6. The molecule has 0 aliphatic heterocycles. The molecule has 0 radical (unpaired) electrons. The van der Waals surface area contributed by atoms with E-state index in [-0.39, 0.29) is 24.6 Å². The van der Waals surface area contributed by atoms with E-state index in [9.17, 15) is 34.8 Å². The van der Waals surface area contributed by atoms with E-state index in [0.29, 0.717) is 24.1 Å². The monoisotopic (exact) mass is 413 g/mol. The molecule has 12 heteroatoms. The summed E-state index contributed by atoms with van der Waals surface area (Å²) >= 11 is 0. The Morgan fingerprint density at radius 3 is 2.44 bits per heavy atom. The third-order valence-corrected chi connectivity index (χ3v) is 5.76. The molecule has 1 aliphatic carbocycles. The second-order valence-electron chi connectivity index (χ2n) is 6.08. The van der Waals surface area contributed by atoms with Crippen molar-refractivity contribution in [2.75, 3.05) is 0 Å². The number of alkyl halides is 6. The van der Waals surface area contributed by atoms with Crippen molar-refractivity contribution in [2.45, 2.75) is 42.6 Å². The normalized spacial score (nSPS) is 18.4. The second kappa shape index (κ2) is 6.51. The van der Waals surface area contributed by atoms with Crippen LogP contribution in [0.25, 0.3) is 0 Å². The van der Waals surface area contributed by atoms with E-state index in [0.717, 1.165) is 0 Å². The fourth-order valence-corrected chi connectivity index (χ4v) is 4.49. The van der Waals surface area contributed by atoms with Gasteiger partial charge in [0.05, 0.1) is 28.3 Å². The van der Waals surface area contributed by atoms with E-state index >= 15 is 0 Å². The Hall–Kier alpha value is -2.08. The lowest BCUT2D eigenvalue weighted by molar-refractivity contribution is -0.143. The van der Waals surface area contributed by atoms with Gasteiger partial charge in [-0.25, -0.2) is 13.1 Å². The summed E-state index contributed by atoms with van der Waals surface area (Å²) < 4.78 is 105. The van der Waals surface area contributed by atoms with Crippen LogP contribution in [0, 0.1) is 0 Å². The van der Waals surface area contributed by atoms with Crippen molar-refractivity contribution in [3.8, 4) is 0 Å². The number of hydrogen-bond donors (Lipinski definition) is 2. The van der Waals surface area contributed by atoms with Crippen LogP contribution in [0.4, 0.5) is 26.3 Å². The Morgan fingerprint density at radius 2 is 1.81 bits per heavy atom. The largest absolute Gasteiger partial charge is 0.417 e. The molecule has 1 aliphatic rings. The Kier molecular flexibility index (Phi) is 4.75. The highest BCUT2D eigenvalue weighted by Gasteiger charge is 2.41. The Bertz CT molecular complexity index is 949. The van der Waals surface area contributed by atoms with Crippen LogP contribution < -0.4 is 4.72 Å². The summed E-state index contributed by atoms with van der Waals surface area (Å²) in [5, 5.41) is 6.44. The van der Waals surface area contributed by atoms with Gasteiger partial charge in [0.15, 0.2) is 0 Å². The van der Waals surface area contributed by atoms with E-state index < -0.39 is 44.4 Å². The van der Waals surface area contributed by atoms with Crippen LogP contribution in [0.1, 0.15) is 41.3 Å². The van der Waals surface area contributed by atoms with Crippen molar-refractivity contribution in [3.63, 3.8) is 0 Å². The van der Waals surface area contributed by atoms with Crippen LogP contribution in [-0.2, 0) is 28.8 Å². The van der Waals surface area contributed by atoms with Gasteiger partial charge in [-0.15, -0.1) is 0 Å². The molecule has 0 bridgehead atoms. The third kappa shape index (κ3) is 3.95. The Morgan fingerprint density at radius 1 is 1.11 bits per heavy atom. The Balaban J connectivity index is 2.06. The average molecular weight is 413 g/mol. The van der Waals surface area contributed by atoms with E-state index in [2.05, 4.69) is 14.9 Å². The smallest absolute Gasteiger partial charge is 0.282 e. The lowest BCUT2D eigenvalue weighted by Crippen LogP contribution is -2.32. The van der Waals surface area contributed by atoms with Gasteiger partial charge in [-0.2, -0.15) is 31.4 Å². The van der Waals surface area contributed by atoms with Gasteiger partial charge in [-0.3, -0.25) is 5.10 Å². The molecule has 1 aromatic carbocycles. The van der Waals surface area contributed by atoms with Gasteiger partial charge in [-0.1, -0.05) is 0 Å². The molecule has 5 nitrogen and oxygen atoms in total. The van der Waals surface area contributed by atoms with Gasteiger partial charge in [0, 0.05) is 11.3 Å². The number of aromatic nitrogens is 2. The van der Waals surface area contributed by atoms with Crippen LogP contribution in [0.3, 0.4) is 0 Å². The van der Waals surface area contributed by atoms with E-state index in [1.54, 1.807) is 0 Å². The van der Waals surface area contributed by atoms with Crippen LogP contribution in [0.5, 0.6) is 0 Å². The van der Waals surface area contributed by atoms with Crippen molar-refractivity contribution in [1.29, 1.82) is 0 Å². The minimum Gasteiger partial charge on any atom is -0.282 e. The molecule has 2 N–H and O–H groups in total. The molecule has 1 heterocycles. The van der Waals surface area contributed by atoms with Crippen molar-refractivity contribution in [2.24, 2.45) is 0 Å². The first-order valence-electron chi connectivity index (χ1n) is 7.72. The topological polar surface area (TPSA) is 74.8 Å². The minimum atomic E-state index is -5.14. The third-order valence-electron chi connectivity index (χ3n) is 4.25. The standard InChI is InChI=1S/C15H13F6N3O2S/c16-14(17,18)8-4-5-10(15(19,20)21)13(6-8)27(25,26)24-12-3-1-2-11-9(12)7-22-23-11/h4-7,12,24H,1-3H2,(H,22,23). The molecule has 1 unspecified atom stereocenters. The van der Waals surface area contributed by atoms with Crippen molar-refractivity contribution >= 4 is 10.0 Å². The number of aryl methyl sites for hydroxylation is 1. The van der Waals surface area contributed by atoms with Gasteiger partial charge < -0.3 is 0 Å². The number of nitrogens with zero attached hydrogens (tertiary/aromatic N) is 1. The number of H-pyrrole nitrogens is 1. The quantitative estimate of drug-likeness (QED) is 0.752. The molecule has 0 amide bonds. The van der Waals surface area contributed by atoms with Crippen molar-refractivity contribution < 1.29 is 34.8 Å². The number of aromatic amines is 1. The average Bonchev–Trinajstić information content (AvgIpc) is 3.02. The van der Waals surface area contributed by atoms with E-state index in [1.807, 2.05) is 0 Å². The lowest BCUT2D eigenvalue weighted by Gasteiger charge is -2.24. The number of benzene rings is 1. The SMILES string of the molecule is O=S(=O)(NC1CCCc2[nH]ncc21)c1cc(C(F)(F)F)ccc1C(F)(F)F. The number of nitrogens with one attached hydrogen (secondary N) is 2. The first kappa shape index (κ1) is 19.7. The second-order valence-corrected chi connectivity index (χ2v) is 7.76. The predicted octanol–water partition coefficient (Wildman–Crippen LogP) is 3.80. The molecule has 148 valence electrons. The summed E-state index contributed by atoms with van der Waals surface area (Å²) in [7, 11) is -4.89.